The van der Waals surface area contributed by atoms with Crippen molar-refractivity contribution in [3.8, 4) is 11.5 Å². The average molecular weight is 518 g/mol. The molecule has 15 heteroatoms. The zero-order valence-corrected chi connectivity index (χ0v) is 17.9. The third-order valence-electron chi connectivity index (χ3n) is 3.77. The van der Waals surface area contributed by atoms with E-state index in [1.165, 1.54) is 19.1 Å². The van der Waals surface area contributed by atoms with Gasteiger partial charge in [0.15, 0.2) is 13.2 Å². The number of halogens is 7. The monoisotopic (exact) mass is 518 g/mol. The summed E-state index contributed by atoms with van der Waals surface area (Å²) in [5.74, 6) is -6.26. The smallest absolute Gasteiger partial charge is 0.422 e. The Kier molecular flexibility index (Phi) is 8.23. The third-order valence-corrected chi connectivity index (χ3v) is 5.17. The van der Waals surface area contributed by atoms with Gasteiger partial charge in [0.2, 0.25) is 5.91 Å². The number of benzene rings is 2. The molecular formula is C19H17F7N2O5S. The molecule has 2 aromatic rings. The van der Waals surface area contributed by atoms with Gasteiger partial charge < -0.3 is 14.8 Å². The summed E-state index contributed by atoms with van der Waals surface area (Å²) in [5.41, 5.74) is -0.175. The van der Waals surface area contributed by atoms with Gasteiger partial charge in [-0.2, -0.15) is 22.0 Å². The summed E-state index contributed by atoms with van der Waals surface area (Å²) in [7, 11) is -4.36. The minimum atomic E-state index is -4.78. The van der Waals surface area contributed by atoms with E-state index >= 15 is 0 Å². The van der Waals surface area contributed by atoms with Crippen molar-refractivity contribution in [2.45, 2.75) is 30.3 Å². The van der Waals surface area contributed by atoms with Crippen molar-refractivity contribution < 1.29 is 53.4 Å². The van der Waals surface area contributed by atoms with E-state index in [1.54, 1.807) is 0 Å². The number of ether oxygens (including phenoxy) is 2. The molecule has 0 aliphatic rings. The molecule has 0 aliphatic heterocycles. The first kappa shape index (κ1) is 27.0. The highest BCUT2D eigenvalue weighted by Crippen LogP contribution is 2.31. The van der Waals surface area contributed by atoms with Gasteiger partial charge in [-0.05, 0) is 24.3 Å². The van der Waals surface area contributed by atoms with Crippen LogP contribution in [0.5, 0.6) is 11.5 Å². The molecule has 0 spiro atoms. The Morgan fingerprint density at radius 2 is 1.44 bits per heavy atom. The lowest BCUT2D eigenvalue weighted by atomic mass is 10.3. The van der Waals surface area contributed by atoms with Crippen LogP contribution in [-0.2, 0) is 14.8 Å². The van der Waals surface area contributed by atoms with E-state index in [1.807, 2.05) is 4.72 Å². The van der Waals surface area contributed by atoms with Crippen LogP contribution < -0.4 is 19.5 Å². The number of anilines is 2. The summed E-state index contributed by atoms with van der Waals surface area (Å²) >= 11 is 0. The van der Waals surface area contributed by atoms with Gasteiger partial charge in [-0.15, -0.1) is 0 Å². The molecule has 188 valence electrons. The summed E-state index contributed by atoms with van der Waals surface area (Å²) < 4.78 is 125. The molecule has 0 radical (unpaired) electrons. The van der Waals surface area contributed by atoms with Crippen LogP contribution in [0.15, 0.2) is 47.4 Å². The molecule has 34 heavy (non-hydrogen) atoms. The first-order valence-electron chi connectivity index (χ1n) is 9.11. The molecule has 1 amide bonds. The van der Waals surface area contributed by atoms with Crippen molar-refractivity contribution in [2.24, 2.45) is 0 Å². The fourth-order valence-corrected chi connectivity index (χ4v) is 3.38. The Morgan fingerprint density at radius 1 is 0.912 bits per heavy atom. The number of nitrogens with one attached hydrogen (secondary N) is 2. The zero-order chi connectivity index (χ0) is 25.7. The number of hydrogen-bond donors (Lipinski definition) is 2. The highest BCUT2D eigenvalue weighted by atomic mass is 32.2. The summed E-state index contributed by atoms with van der Waals surface area (Å²) in [6.45, 7) is -2.40. The lowest BCUT2D eigenvalue weighted by molar-refractivity contribution is -0.153. The molecule has 2 aromatic carbocycles. The molecule has 7 nitrogen and oxygen atoms in total. The quantitative estimate of drug-likeness (QED) is 0.446. The van der Waals surface area contributed by atoms with E-state index in [0.717, 1.165) is 24.3 Å². The predicted octanol–water partition coefficient (Wildman–Crippen LogP) is 4.67. The largest absolute Gasteiger partial charge is 0.487 e. The second-order valence-corrected chi connectivity index (χ2v) is 8.44. The SMILES string of the molecule is CC(=O)Nc1ccc(S(=O)(=O)Nc2cc(OCC(F)(F)F)cc(OCC(F)(F)C(F)F)c2)cc1. The average Bonchev–Trinajstić information content (AvgIpc) is 2.70. The van der Waals surface area contributed by atoms with Crippen LogP contribution in [0.25, 0.3) is 0 Å². The Hall–Kier alpha value is -3.23. The summed E-state index contributed by atoms with van der Waals surface area (Å²) in [4.78, 5) is 10.7. The molecule has 0 saturated heterocycles. The van der Waals surface area contributed by atoms with Gasteiger partial charge >= 0.3 is 18.5 Å². The van der Waals surface area contributed by atoms with Gasteiger partial charge in [-0.25, -0.2) is 17.2 Å². The molecule has 0 aliphatic carbocycles. The maximum Gasteiger partial charge on any atom is 0.422 e. The highest BCUT2D eigenvalue weighted by molar-refractivity contribution is 7.92. The lowest BCUT2D eigenvalue weighted by Gasteiger charge is -2.18. The second kappa shape index (κ2) is 10.4. The van der Waals surface area contributed by atoms with Crippen LogP contribution >= 0.6 is 0 Å². The molecule has 0 heterocycles. The number of alkyl halides is 7. The van der Waals surface area contributed by atoms with Crippen molar-refractivity contribution in [3.05, 3.63) is 42.5 Å². The maximum absolute atomic E-state index is 13.1. The van der Waals surface area contributed by atoms with Gasteiger partial charge in [-0.1, -0.05) is 0 Å². The molecular weight excluding hydrogens is 501 g/mol. The third kappa shape index (κ3) is 8.28. The van der Waals surface area contributed by atoms with Gasteiger partial charge in [0.25, 0.3) is 10.0 Å². The lowest BCUT2D eigenvalue weighted by Crippen LogP contribution is -2.33. The van der Waals surface area contributed by atoms with Crippen LogP contribution in [0, 0.1) is 0 Å². The first-order valence-corrected chi connectivity index (χ1v) is 10.6. The molecule has 0 bridgehead atoms. The van der Waals surface area contributed by atoms with E-state index in [9.17, 15) is 43.9 Å². The summed E-state index contributed by atoms with van der Waals surface area (Å²) in [6.07, 6.45) is -8.86. The predicted molar refractivity (Wildman–Crippen MR) is 106 cm³/mol. The maximum atomic E-state index is 13.1. The number of carbonyl (C=O) groups is 1. The van der Waals surface area contributed by atoms with Crippen LogP contribution in [0.4, 0.5) is 42.1 Å². The normalized spacial score (nSPS) is 12.4. The van der Waals surface area contributed by atoms with Crippen molar-refractivity contribution >= 4 is 27.3 Å². The first-order chi connectivity index (χ1) is 15.6. The number of carbonyl (C=O) groups excluding carboxylic acids is 1. The fourth-order valence-electron chi connectivity index (χ4n) is 2.34. The molecule has 0 unspecified atom stereocenters. The molecule has 2 rings (SSSR count). The van der Waals surface area contributed by atoms with Crippen molar-refractivity contribution in [3.63, 3.8) is 0 Å². The fraction of sp³-hybridized carbons (Fsp3) is 0.316. The Morgan fingerprint density at radius 3 is 1.91 bits per heavy atom. The van der Waals surface area contributed by atoms with E-state index in [-0.39, 0.29) is 10.6 Å². The second-order valence-electron chi connectivity index (χ2n) is 6.76. The Bertz CT molecular complexity index is 1110. The number of sulfonamides is 1. The van der Waals surface area contributed by atoms with Crippen molar-refractivity contribution in [1.29, 1.82) is 0 Å². The van der Waals surface area contributed by atoms with Gasteiger partial charge in [0.05, 0.1) is 10.6 Å². The minimum Gasteiger partial charge on any atom is -0.487 e. The summed E-state index contributed by atoms with van der Waals surface area (Å²) in [6, 6.07) is 7.06. The van der Waals surface area contributed by atoms with E-state index in [0.29, 0.717) is 6.07 Å². The summed E-state index contributed by atoms with van der Waals surface area (Å²) in [5, 5.41) is 2.41. The Balaban J connectivity index is 2.31. The van der Waals surface area contributed by atoms with Crippen LogP contribution in [0.3, 0.4) is 0 Å². The van der Waals surface area contributed by atoms with Crippen molar-refractivity contribution in [1.82, 2.24) is 0 Å². The van der Waals surface area contributed by atoms with Gasteiger partial charge in [-0.3, -0.25) is 9.52 Å². The minimum absolute atomic E-state index is 0.282. The molecule has 0 saturated carbocycles. The van der Waals surface area contributed by atoms with Gasteiger partial charge in [0, 0.05) is 30.8 Å². The number of amides is 1. The molecule has 2 N–H and O–H groups in total. The standard InChI is InChI=1S/C19H17F7N2O5S/c1-11(29)27-12-2-4-16(5-3-12)34(30,31)28-13-6-14(32-9-18(22,23)17(20)21)8-15(7-13)33-10-19(24,25)26/h2-8,17,28H,9-10H2,1H3,(H,27,29). The van der Waals surface area contributed by atoms with E-state index < -0.39 is 64.9 Å². The Labute approximate surface area is 188 Å². The number of hydrogen-bond acceptors (Lipinski definition) is 5. The van der Waals surface area contributed by atoms with Gasteiger partial charge in [0.1, 0.15) is 11.5 Å². The molecule has 0 atom stereocenters. The van der Waals surface area contributed by atoms with Crippen LogP contribution in [0.2, 0.25) is 0 Å². The topological polar surface area (TPSA) is 93.7 Å². The van der Waals surface area contributed by atoms with E-state index in [2.05, 4.69) is 14.8 Å². The molecule has 0 fully saturated rings. The van der Waals surface area contributed by atoms with Crippen LogP contribution in [-0.4, -0.2) is 46.1 Å². The highest BCUT2D eigenvalue weighted by Gasteiger charge is 2.41. The van der Waals surface area contributed by atoms with E-state index in [4.69, 9.17) is 0 Å². The van der Waals surface area contributed by atoms with Crippen LogP contribution in [0.1, 0.15) is 6.92 Å². The zero-order valence-electron chi connectivity index (χ0n) is 17.1. The molecule has 0 aromatic heterocycles. The number of rotatable bonds is 10. The van der Waals surface area contributed by atoms with Crippen molar-refractivity contribution in [2.75, 3.05) is 23.3 Å².